The van der Waals surface area contributed by atoms with E-state index in [-0.39, 0.29) is 0 Å². The molecule has 72 valence electrons. The van der Waals surface area contributed by atoms with E-state index in [0.29, 0.717) is 8.55 Å². The maximum Gasteiger partial charge on any atom is 0.274 e. The first kappa shape index (κ1) is 12.5. The van der Waals surface area contributed by atoms with Crippen LogP contribution in [0.25, 0.3) is 0 Å². The zero-order chi connectivity index (χ0) is 9.99. The van der Waals surface area contributed by atoms with Gasteiger partial charge >= 0.3 is 0 Å². The predicted molar refractivity (Wildman–Crippen MR) is 60.3 cm³/mol. The summed E-state index contributed by atoms with van der Waals surface area (Å²) in [5.41, 5.74) is 0. The van der Waals surface area contributed by atoms with Gasteiger partial charge in [-0.25, -0.2) is 0 Å². The van der Waals surface area contributed by atoms with Crippen molar-refractivity contribution in [3.8, 4) is 0 Å². The van der Waals surface area contributed by atoms with Crippen LogP contribution in [0.3, 0.4) is 0 Å². The van der Waals surface area contributed by atoms with Crippen LogP contribution in [0.4, 0.5) is 0 Å². The quantitative estimate of drug-likeness (QED) is 0.555. The molecule has 0 aliphatic heterocycles. The molecule has 0 unspecified atom stereocenters. The van der Waals surface area contributed by atoms with E-state index in [2.05, 4.69) is 48.5 Å². The van der Waals surface area contributed by atoms with Gasteiger partial charge in [-0.1, -0.05) is 68.7 Å². The van der Waals surface area contributed by atoms with E-state index in [4.69, 9.17) is 0 Å². The van der Waals surface area contributed by atoms with E-state index in [0.717, 1.165) is 0 Å². The average Bonchev–Trinajstić information content (AvgIpc) is 1.77. The lowest BCUT2D eigenvalue weighted by molar-refractivity contribution is 0.633. The maximum absolute atomic E-state index is 2.42. The van der Waals surface area contributed by atoms with Crippen molar-refractivity contribution in [2.75, 3.05) is 0 Å². The monoisotopic (exact) mass is 184 g/mol. The molecule has 0 saturated heterocycles. The highest BCUT2D eigenvalue weighted by Crippen LogP contribution is 2.44. The van der Waals surface area contributed by atoms with Crippen LogP contribution < -0.4 is 0 Å². The van der Waals surface area contributed by atoms with E-state index < -0.39 is 14.1 Å². The third-order valence-electron chi connectivity index (χ3n) is 2.67. The summed E-state index contributed by atoms with van der Waals surface area (Å²) >= 11 is -0.610. The van der Waals surface area contributed by atoms with Crippen molar-refractivity contribution in [2.45, 2.75) is 68.7 Å². The first-order chi connectivity index (χ1) is 5.19. The molecule has 0 spiro atoms. The van der Waals surface area contributed by atoms with E-state index >= 15 is 0 Å². The highest BCUT2D eigenvalue weighted by Gasteiger charge is 2.39. The molecule has 0 atom stereocenters. The molecule has 0 heterocycles. The lowest BCUT2D eigenvalue weighted by Crippen LogP contribution is -2.34. The van der Waals surface area contributed by atoms with Gasteiger partial charge in [0, 0.05) is 0 Å². The summed E-state index contributed by atoms with van der Waals surface area (Å²) in [6.07, 6.45) is 1.37. The van der Waals surface area contributed by atoms with Gasteiger partial charge in [0.25, 0.3) is 14.1 Å². The molecule has 1 heteroatoms. The Kier molecular flexibility index (Phi) is 4.35. The number of rotatable bonds is 2. The lowest BCUT2D eigenvalue weighted by Gasteiger charge is -2.36. The van der Waals surface area contributed by atoms with Gasteiger partial charge in [-0.2, -0.15) is 0 Å². The molecule has 0 N–H and O–H groups in total. The van der Waals surface area contributed by atoms with Crippen molar-refractivity contribution in [1.82, 2.24) is 0 Å². The highest BCUT2D eigenvalue weighted by atomic mass is 27.2. The van der Waals surface area contributed by atoms with E-state index in [1.54, 1.807) is 0 Å². The van der Waals surface area contributed by atoms with Crippen molar-refractivity contribution >= 4 is 14.1 Å². The van der Waals surface area contributed by atoms with Crippen molar-refractivity contribution in [3.63, 3.8) is 0 Å². The van der Waals surface area contributed by atoms with Gasteiger partial charge < -0.3 is 0 Å². The van der Waals surface area contributed by atoms with Crippen molar-refractivity contribution in [2.24, 2.45) is 0 Å². The Morgan fingerprint density at radius 3 is 1.25 bits per heavy atom. The standard InChI is InChI=1S/2C4H9.C3H7.Al/c2*1-4(2)3;1-3-2;/h2*1-3H3;1,3H2,2H3;. The molecule has 0 saturated carbocycles. The second-order valence-electron chi connectivity index (χ2n) is 6.07. The summed E-state index contributed by atoms with van der Waals surface area (Å²) in [5, 5.41) is 1.49. The molecule has 0 aliphatic carbocycles. The zero-order valence-electron chi connectivity index (χ0n) is 9.99. The van der Waals surface area contributed by atoms with Crippen LogP contribution in [-0.4, -0.2) is 14.1 Å². The fraction of sp³-hybridized carbons (Fsp3) is 1.00. The van der Waals surface area contributed by atoms with Crippen LogP contribution in [0.5, 0.6) is 0 Å². The minimum Gasteiger partial charge on any atom is -0.0935 e. The van der Waals surface area contributed by atoms with Gasteiger partial charge in [-0.3, -0.25) is 0 Å². The molecule has 0 aromatic carbocycles. The Morgan fingerprint density at radius 2 is 1.17 bits per heavy atom. The van der Waals surface area contributed by atoms with Gasteiger partial charge in [0.2, 0.25) is 0 Å². The molecule has 0 aromatic rings. The van der Waals surface area contributed by atoms with Gasteiger partial charge in [-0.15, -0.1) is 0 Å². The minimum atomic E-state index is -0.610. The molecule has 12 heavy (non-hydrogen) atoms. The molecule has 0 aromatic heterocycles. The van der Waals surface area contributed by atoms with Crippen molar-refractivity contribution in [3.05, 3.63) is 0 Å². The third kappa shape index (κ3) is 3.97. The summed E-state index contributed by atoms with van der Waals surface area (Å²) in [4.78, 5) is 0. The van der Waals surface area contributed by atoms with Gasteiger partial charge in [-0.05, 0) is 0 Å². The number of hydrogen-bond donors (Lipinski definition) is 0. The van der Waals surface area contributed by atoms with Gasteiger partial charge in [0.1, 0.15) is 0 Å². The molecule has 0 nitrogen and oxygen atoms in total. The highest BCUT2D eigenvalue weighted by molar-refractivity contribution is 6.65. The summed E-state index contributed by atoms with van der Waals surface area (Å²) in [6, 6.07) is 0. The van der Waals surface area contributed by atoms with Crippen molar-refractivity contribution in [1.29, 1.82) is 0 Å². The zero-order valence-corrected chi connectivity index (χ0v) is 11.1. The lowest BCUT2D eigenvalue weighted by atomic mass is 10.2. The first-order valence-electron chi connectivity index (χ1n) is 5.19. The smallest absolute Gasteiger partial charge is 0.0935 e. The average molecular weight is 184 g/mol. The molecule has 0 fully saturated rings. The second-order valence-corrected chi connectivity index (χ2v) is 11.2. The molecular weight excluding hydrogens is 159 g/mol. The van der Waals surface area contributed by atoms with E-state index in [9.17, 15) is 0 Å². The fourth-order valence-corrected chi connectivity index (χ4v) is 7.36. The summed E-state index contributed by atoms with van der Waals surface area (Å²) in [5.74, 6) is 0. The van der Waals surface area contributed by atoms with Gasteiger partial charge in [0.05, 0.1) is 0 Å². The summed E-state index contributed by atoms with van der Waals surface area (Å²) in [6.45, 7) is 16.8. The van der Waals surface area contributed by atoms with Crippen LogP contribution in [0.1, 0.15) is 54.9 Å². The first-order valence-corrected chi connectivity index (χ1v) is 7.16. The molecule has 0 bridgehead atoms. The van der Waals surface area contributed by atoms with E-state index in [1.165, 1.54) is 11.7 Å². The summed E-state index contributed by atoms with van der Waals surface area (Å²) in [7, 11) is 0. The molecule has 0 radical (unpaired) electrons. The topological polar surface area (TPSA) is 0 Å². The van der Waals surface area contributed by atoms with Crippen LogP contribution in [0.2, 0.25) is 13.8 Å². The second kappa shape index (κ2) is 4.16. The van der Waals surface area contributed by atoms with Crippen LogP contribution in [0, 0.1) is 0 Å². The van der Waals surface area contributed by atoms with Gasteiger partial charge in [0.15, 0.2) is 0 Å². The predicted octanol–water partition coefficient (Wildman–Crippen LogP) is 4.49. The normalized spacial score (nSPS) is 13.2. The molecule has 0 aliphatic rings. The van der Waals surface area contributed by atoms with E-state index in [1.807, 2.05) is 0 Å². The van der Waals surface area contributed by atoms with Crippen LogP contribution in [-0.2, 0) is 0 Å². The Morgan fingerprint density at radius 1 is 0.833 bits per heavy atom. The third-order valence-corrected chi connectivity index (χ3v) is 8.00. The fourth-order valence-electron chi connectivity index (χ4n) is 2.45. The molecule has 0 amide bonds. The number of hydrogen-bond acceptors (Lipinski definition) is 0. The Hall–Kier alpha value is 0.532. The maximum atomic E-state index is 2.42. The summed E-state index contributed by atoms with van der Waals surface area (Å²) < 4.78 is 1.18. The Balaban J connectivity index is 4.45. The molecule has 0 rings (SSSR count). The Bertz CT molecular complexity index is 111. The largest absolute Gasteiger partial charge is 0.274 e. The van der Waals surface area contributed by atoms with Crippen molar-refractivity contribution < 1.29 is 0 Å². The molecular formula is C11H25Al. The van der Waals surface area contributed by atoms with Crippen LogP contribution in [0.15, 0.2) is 0 Å². The Labute approximate surface area is 83.1 Å². The SMILES string of the molecule is CC[CH2][Al]([C](C)(C)C)[C](C)(C)C. The minimum absolute atomic E-state index is 0.592. The van der Waals surface area contributed by atoms with Crippen LogP contribution >= 0.6 is 0 Å².